The van der Waals surface area contributed by atoms with E-state index in [4.69, 9.17) is 4.74 Å². The number of rotatable bonds is 4. The van der Waals surface area contributed by atoms with Crippen LogP contribution in [0.1, 0.15) is 17.8 Å². The van der Waals surface area contributed by atoms with Gasteiger partial charge in [-0.15, -0.1) is 10.2 Å². The van der Waals surface area contributed by atoms with Crippen LogP contribution in [0.25, 0.3) is 5.82 Å². The van der Waals surface area contributed by atoms with Crippen LogP contribution in [0.15, 0.2) is 18.2 Å². The zero-order valence-corrected chi connectivity index (χ0v) is 15.1. The number of ether oxygens (including phenoxy) is 1. The highest BCUT2D eigenvalue weighted by Gasteiger charge is 2.23. The molecule has 2 fully saturated rings. The van der Waals surface area contributed by atoms with Gasteiger partial charge in [0.05, 0.1) is 12.3 Å². The third kappa shape index (κ3) is 3.67. The lowest BCUT2D eigenvalue weighted by molar-refractivity contribution is 0.164. The maximum atomic E-state index is 5.48. The summed E-state index contributed by atoms with van der Waals surface area (Å²) >= 11 is 0. The summed E-state index contributed by atoms with van der Waals surface area (Å²) in [4.78, 5) is 4.87. The van der Waals surface area contributed by atoms with Crippen molar-refractivity contribution >= 4 is 5.82 Å². The summed E-state index contributed by atoms with van der Waals surface area (Å²) in [6.07, 6.45) is 1.21. The highest BCUT2D eigenvalue weighted by atomic mass is 16.5. The number of piperazine rings is 1. The lowest BCUT2D eigenvalue weighted by Gasteiger charge is -2.36. The summed E-state index contributed by atoms with van der Waals surface area (Å²) in [5, 5.41) is 13.3. The van der Waals surface area contributed by atoms with Gasteiger partial charge in [0.1, 0.15) is 0 Å². The molecule has 7 heteroatoms. The largest absolute Gasteiger partial charge is 0.381 e. The molecule has 4 heterocycles. The van der Waals surface area contributed by atoms with Gasteiger partial charge in [0.25, 0.3) is 0 Å². The van der Waals surface area contributed by atoms with E-state index in [0.29, 0.717) is 5.92 Å². The minimum absolute atomic E-state index is 0.714. The molecule has 2 aliphatic rings. The molecule has 0 aromatic carbocycles. The topological polar surface area (TPSA) is 59.3 Å². The highest BCUT2D eigenvalue weighted by molar-refractivity contribution is 5.40. The first-order chi connectivity index (χ1) is 12.2. The van der Waals surface area contributed by atoms with Gasteiger partial charge in [-0.1, -0.05) is 0 Å². The molecule has 0 saturated carbocycles. The number of anilines is 1. The Morgan fingerprint density at radius 2 is 1.84 bits per heavy atom. The van der Waals surface area contributed by atoms with E-state index >= 15 is 0 Å². The maximum Gasteiger partial charge on any atom is 0.176 e. The van der Waals surface area contributed by atoms with E-state index < -0.39 is 0 Å². The Morgan fingerprint density at radius 1 is 1.08 bits per heavy atom. The van der Waals surface area contributed by atoms with Crippen LogP contribution in [0.5, 0.6) is 0 Å². The van der Waals surface area contributed by atoms with Crippen LogP contribution in [0.3, 0.4) is 0 Å². The predicted molar refractivity (Wildman–Crippen MR) is 96.2 cm³/mol. The Morgan fingerprint density at radius 3 is 2.44 bits per heavy atom. The molecule has 2 aromatic rings. The number of aromatic nitrogens is 4. The Kier molecular flexibility index (Phi) is 4.67. The fourth-order valence-electron chi connectivity index (χ4n) is 3.71. The van der Waals surface area contributed by atoms with Gasteiger partial charge >= 0.3 is 0 Å². The average Bonchev–Trinajstić information content (AvgIpc) is 3.25. The van der Waals surface area contributed by atoms with Gasteiger partial charge in [-0.05, 0) is 44.4 Å². The van der Waals surface area contributed by atoms with Crippen molar-refractivity contribution in [2.75, 3.05) is 50.8 Å². The zero-order valence-electron chi connectivity index (χ0n) is 15.1. The van der Waals surface area contributed by atoms with Crippen molar-refractivity contribution in [3.8, 4) is 5.82 Å². The van der Waals surface area contributed by atoms with Crippen molar-refractivity contribution in [2.45, 2.75) is 20.3 Å². The van der Waals surface area contributed by atoms with Gasteiger partial charge in [-0.2, -0.15) is 5.10 Å². The summed E-state index contributed by atoms with van der Waals surface area (Å²) in [6, 6.07) is 6.10. The molecule has 134 valence electrons. The minimum Gasteiger partial charge on any atom is -0.381 e. The van der Waals surface area contributed by atoms with Crippen LogP contribution in [0.4, 0.5) is 5.82 Å². The molecule has 1 atom stereocenters. The fourth-order valence-corrected chi connectivity index (χ4v) is 3.71. The number of hydrogen-bond acceptors (Lipinski definition) is 6. The van der Waals surface area contributed by atoms with Gasteiger partial charge in [-0.3, -0.25) is 4.90 Å². The molecule has 2 aromatic heterocycles. The Bertz CT molecular complexity index is 699. The maximum absolute atomic E-state index is 5.48. The molecule has 0 amide bonds. The lowest BCUT2D eigenvalue weighted by atomic mass is 10.1. The smallest absolute Gasteiger partial charge is 0.176 e. The molecule has 4 rings (SSSR count). The third-order valence-electron chi connectivity index (χ3n) is 5.10. The normalized spacial score (nSPS) is 21.8. The molecule has 0 N–H and O–H groups in total. The summed E-state index contributed by atoms with van der Waals surface area (Å²) in [5.74, 6) is 2.44. The van der Waals surface area contributed by atoms with Crippen molar-refractivity contribution in [3.05, 3.63) is 29.6 Å². The van der Waals surface area contributed by atoms with E-state index in [1.807, 2.05) is 30.7 Å². The van der Waals surface area contributed by atoms with Crippen molar-refractivity contribution in [1.29, 1.82) is 0 Å². The number of aryl methyl sites for hydroxylation is 2. The predicted octanol–water partition coefficient (Wildman–Crippen LogP) is 1.44. The van der Waals surface area contributed by atoms with Crippen LogP contribution < -0.4 is 4.90 Å². The highest BCUT2D eigenvalue weighted by Crippen LogP contribution is 2.18. The summed E-state index contributed by atoms with van der Waals surface area (Å²) in [6.45, 7) is 11.2. The van der Waals surface area contributed by atoms with Gasteiger partial charge in [0, 0.05) is 45.0 Å². The summed E-state index contributed by atoms with van der Waals surface area (Å²) in [5.41, 5.74) is 2.07. The van der Waals surface area contributed by atoms with Crippen molar-refractivity contribution in [2.24, 2.45) is 5.92 Å². The van der Waals surface area contributed by atoms with Gasteiger partial charge in [0.15, 0.2) is 11.6 Å². The van der Waals surface area contributed by atoms with Crippen LogP contribution in [0.2, 0.25) is 0 Å². The first kappa shape index (κ1) is 16.5. The zero-order chi connectivity index (χ0) is 17.2. The van der Waals surface area contributed by atoms with E-state index in [2.05, 4.69) is 31.2 Å². The van der Waals surface area contributed by atoms with Gasteiger partial charge < -0.3 is 9.64 Å². The van der Waals surface area contributed by atoms with E-state index in [0.717, 1.165) is 69.0 Å². The number of nitrogens with zero attached hydrogens (tertiary/aromatic N) is 6. The Labute approximate surface area is 148 Å². The van der Waals surface area contributed by atoms with Crippen LogP contribution in [-0.2, 0) is 4.74 Å². The van der Waals surface area contributed by atoms with Crippen molar-refractivity contribution < 1.29 is 4.74 Å². The summed E-state index contributed by atoms with van der Waals surface area (Å²) < 4.78 is 7.33. The summed E-state index contributed by atoms with van der Waals surface area (Å²) in [7, 11) is 0. The van der Waals surface area contributed by atoms with Gasteiger partial charge in [-0.25, -0.2) is 4.68 Å². The second-order valence-corrected chi connectivity index (χ2v) is 7.11. The average molecular weight is 342 g/mol. The third-order valence-corrected chi connectivity index (χ3v) is 5.10. The Balaban J connectivity index is 1.36. The second kappa shape index (κ2) is 7.09. The first-order valence-corrected chi connectivity index (χ1v) is 9.11. The lowest BCUT2D eigenvalue weighted by Crippen LogP contribution is -2.48. The molecule has 0 bridgehead atoms. The van der Waals surface area contributed by atoms with E-state index in [1.54, 1.807) is 0 Å². The second-order valence-electron chi connectivity index (χ2n) is 7.11. The molecule has 2 saturated heterocycles. The molecule has 25 heavy (non-hydrogen) atoms. The minimum atomic E-state index is 0.714. The SMILES string of the molecule is Cc1cc(C)n(-c2ccc(N3CCN(CC4CCOC4)CC3)nn2)n1. The molecular weight excluding hydrogens is 316 g/mol. The molecular formula is C18H26N6O. The quantitative estimate of drug-likeness (QED) is 0.838. The van der Waals surface area contributed by atoms with Crippen molar-refractivity contribution in [3.63, 3.8) is 0 Å². The number of hydrogen-bond donors (Lipinski definition) is 0. The fraction of sp³-hybridized carbons (Fsp3) is 0.611. The first-order valence-electron chi connectivity index (χ1n) is 9.11. The van der Waals surface area contributed by atoms with Crippen molar-refractivity contribution in [1.82, 2.24) is 24.9 Å². The van der Waals surface area contributed by atoms with Crippen LogP contribution in [-0.4, -0.2) is 70.8 Å². The molecule has 2 aliphatic heterocycles. The molecule has 0 radical (unpaired) electrons. The molecule has 0 aliphatic carbocycles. The molecule has 7 nitrogen and oxygen atoms in total. The van der Waals surface area contributed by atoms with E-state index in [9.17, 15) is 0 Å². The Hall–Kier alpha value is -1.99. The van der Waals surface area contributed by atoms with Gasteiger partial charge in [0.2, 0.25) is 0 Å². The molecule has 1 unspecified atom stereocenters. The van der Waals surface area contributed by atoms with E-state index in [-0.39, 0.29) is 0 Å². The standard InChI is InChI=1S/C18H26N6O/c1-14-11-15(2)24(21-14)18-4-3-17(19-20-18)23-8-6-22(7-9-23)12-16-5-10-25-13-16/h3-4,11,16H,5-10,12-13H2,1-2H3. The van der Waals surface area contributed by atoms with Crippen LogP contribution >= 0.6 is 0 Å². The monoisotopic (exact) mass is 342 g/mol. The van der Waals surface area contributed by atoms with E-state index in [1.165, 1.54) is 6.42 Å². The molecule has 0 spiro atoms. The van der Waals surface area contributed by atoms with Crippen LogP contribution in [0, 0.1) is 19.8 Å².